The highest BCUT2D eigenvalue weighted by Gasteiger charge is 2.01. The lowest BCUT2D eigenvalue weighted by Crippen LogP contribution is -2.18. The molecule has 1 rings (SSSR count). The molecular weight excluding hydrogens is 225 g/mol. The Morgan fingerprint density at radius 3 is 2.62 bits per heavy atom. The zero-order chi connectivity index (χ0) is 11.8. The Morgan fingerprint density at radius 2 is 1.94 bits per heavy atom. The number of halogens is 2. The van der Waals surface area contributed by atoms with Gasteiger partial charge in [0, 0.05) is 25.2 Å². The SMILES string of the molecule is CN(CCCCCCCl)c1cccc(F)c1. The molecular formula is C13H19ClFN. The first-order chi connectivity index (χ1) is 7.74. The number of unbranched alkanes of at least 4 members (excludes halogenated alkanes) is 3. The van der Waals surface area contributed by atoms with E-state index in [1.165, 1.54) is 18.9 Å². The van der Waals surface area contributed by atoms with Crippen LogP contribution >= 0.6 is 11.6 Å². The molecule has 0 fully saturated rings. The molecule has 0 heterocycles. The van der Waals surface area contributed by atoms with Crippen LogP contribution in [0.1, 0.15) is 25.7 Å². The Morgan fingerprint density at radius 1 is 1.19 bits per heavy atom. The van der Waals surface area contributed by atoms with E-state index in [2.05, 4.69) is 4.90 Å². The van der Waals surface area contributed by atoms with E-state index < -0.39 is 0 Å². The Bertz CT molecular complexity index is 304. The van der Waals surface area contributed by atoms with Crippen molar-refractivity contribution in [1.29, 1.82) is 0 Å². The van der Waals surface area contributed by atoms with E-state index in [1.807, 2.05) is 13.1 Å². The monoisotopic (exact) mass is 243 g/mol. The molecule has 0 aromatic heterocycles. The Kier molecular flexibility index (Phi) is 6.24. The smallest absolute Gasteiger partial charge is 0.125 e. The van der Waals surface area contributed by atoms with Crippen LogP contribution in [0, 0.1) is 5.82 Å². The van der Waals surface area contributed by atoms with Crippen LogP contribution < -0.4 is 4.90 Å². The number of anilines is 1. The summed E-state index contributed by atoms with van der Waals surface area (Å²) >= 11 is 5.60. The van der Waals surface area contributed by atoms with E-state index in [0.29, 0.717) is 0 Å². The predicted octanol–water partition coefficient (Wildman–Crippen LogP) is 4.06. The highest BCUT2D eigenvalue weighted by molar-refractivity contribution is 6.17. The van der Waals surface area contributed by atoms with Gasteiger partial charge in [0.05, 0.1) is 0 Å². The number of nitrogens with zero attached hydrogens (tertiary/aromatic N) is 1. The van der Waals surface area contributed by atoms with Crippen molar-refractivity contribution in [3.05, 3.63) is 30.1 Å². The van der Waals surface area contributed by atoms with Gasteiger partial charge in [-0.25, -0.2) is 4.39 Å². The van der Waals surface area contributed by atoms with Crippen LogP contribution in [-0.4, -0.2) is 19.5 Å². The molecule has 0 saturated carbocycles. The maximum absolute atomic E-state index is 13.0. The van der Waals surface area contributed by atoms with Gasteiger partial charge in [0.2, 0.25) is 0 Å². The van der Waals surface area contributed by atoms with Gasteiger partial charge in [-0.3, -0.25) is 0 Å². The maximum Gasteiger partial charge on any atom is 0.125 e. The lowest BCUT2D eigenvalue weighted by atomic mass is 10.2. The molecule has 90 valence electrons. The quantitative estimate of drug-likeness (QED) is 0.516. The summed E-state index contributed by atoms with van der Waals surface area (Å²) in [6.07, 6.45) is 4.59. The topological polar surface area (TPSA) is 3.24 Å². The standard InChI is InChI=1S/C13H19ClFN/c1-16(10-5-3-2-4-9-14)13-8-6-7-12(15)11-13/h6-8,11H,2-5,9-10H2,1H3. The van der Waals surface area contributed by atoms with Gasteiger partial charge in [-0.05, 0) is 31.0 Å². The van der Waals surface area contributed by atoms with Crippen molar-refractivity contribution < 1.29 is 4.39 Å². The molecule has 1 aromatic carbocycles. The number of rotatable bonds is 7. The molecule has 0 radical (unpaired) electrons. The predicted molar refractivity (Wildman–Crippen MR) is 68.9 cm³/mol. The van der Waals surface area contributed by atoms with Crippen LogP contribution in [-0.2, 0) is 0 Å². The molecule has 0 aliphatic carbocycles. The van der Waals surface area contributed by atoms with E-state index in [1.54, 1.807) is 12.1 Å². The van der Waals surface area contributed by atoms with E-state index in [-0.39, 0.29) is 5.82 Å². The third-order valence-electron chi connectivity index (χ3n) is 2.63. The average Bonchev–Trinajstić information content (AvgIpc) is 2.28. The third-order valence-corrected chi connectivity index (χ3v) is 2.89. The van der Waals surface area contributed by atoms with Crippen LogP contribution in [0.15, 0.2) is 24.3 Å². The number of hydrogen-bond acceptors (Lipinski definition) is 1. The summed E-state index contributed by atoms with van der Waals surface area (Å²) in [5, 5.41) is 0. The fourth-order valence-corrected chi connectivity index (χ4v) is 1.83. The van der Waals surface area contributed by atoms with Gasteiger partial charge in [-0.15, -0.1) is 11.6 Å². The van der Waals surface area contributed by atoms with E-state index in [4.69, 9.17) is 11.6 Å². The van der Waals surface area contributed by atoms with Gasteiger partial charge < -0.3 is 4.90 Å². The molecule has 0 N–H and O–H groups in total. The molecule has 0 spiro atoms. The van der Waals surface area contributed by atoms with Gasteiger partial charge in [0.1, 0.15) is 5.82 Å². The second kappa shape index (κ2) is 7.50. The van der Waals surface area contributed by atoms with Crippen molar-refractivity contribution >= 4 is 17.3 Å². The summed E-state index contributed by atoms with van der Waals surface area (Å²) < 4.78 is 13.0. The molecule has 1 aromatic rings. The zero-order valence-corrected chi connectivity index (χ0v) is 10.5. The molecule has 16 heavy (non-hydrogen) atoms. The second-order valence-corrected chi connectivity index (χ2v) is 4.38. The van der Waals surface area contributed by atoms with Gasteiger partial charge >= 0.3 is 0 Å². The van der Waals surface area contributed by atoms with Gasteiger partial charge in [0.25, 0.3) is 0 Å². The normalized spacial score (nSPS) is 10.4. The Labute approximate surface area is 102 Å². The first-order valence-corrected chi connectivity index (χ1v) is 6.30. The van der Waals surface area contributed by atoms with Crippen LogP contribution in [0.4, 0.5) is 10.1 Å². The molecule has 0 saturated heterocycles. The summed E-state index contributed by atoms with van der Waals surface area (Å²) in [5.41, 5.74) is 0.942. The maximum atomic E-state index is 13.0. The van der Waals surface area contributed by atoms with Gasteiger partial charge in [-0.2, -0.15) is 0 Å². The van der Waals surface area contributed by atoms with Crippen molar-refractivity contribution in [2.75, 3.05) is 24.4 Å². The molecule has 0 aliphatic rings. The van der Waals surface area contributed by atoms with E-state index >= 15 is 0 Å². The first-order valence-electron chi connectivity index (χ1n) is 5.76. The summed E-state index contributed by atoms with van der Waals surface area (Å²) in [6.45, 7) is 0.964. The Balaban J connectivity index is 2.27. The number of benzene rings is 1. The zero-order valence-electron chi connectivity index (χ0n) is 9.76. The fourth-order valence-electron chi connectivity index (χ4n) is 1.64. The van der Waals surface area contributed by atoms with Crippen LogP contribution in [0.2, 0.25) is 0 Å². The van der Waals surface area contributed by atoms with Crippen molar-refractivity contribution in [3.8, 4) is 0 Å². The molecule has 0 aliphatic heterocycles. The van der Waals surface area contributed by atoms with Crippen molar-refractivity contribution in [1.82, 2.24) is 0 Å². The van der Waals surface area contributed by atoms with Crippen molar-refractivity contribution in [3.63, 3.8) is 0 Å². The molecule has 0 atom stereocenters. The average molecular weight is 244 g/mol. The number of hydrogen-bond donors (Lipinski definition) is 0. The van der Waals surface area contributed by atoms with Crippen LogP contribution in [0.25, 0.3) is 0 Å². The highest BCUT2D eigenvalue weighted by atomic mass is 35.5. The summed E-state index contributed by atoms with van der Waals surface area (Å²) in [7, 11) is 2.00. The fraction of sp³-hybridized carbons (Fsp3) is 0.538. The Hall–Kier alpha value is -0.760. The highest BCUT2D eigenvalue weighted by Crippen LogP contribution is 2.14. The molecule has 0 bridgehead atoms. The van der Waals surface area contributed by atoms with E-state index in [9.17, 15) is 4.39 Å². The summed E-state index contributed by atoms with van der Waals surface area (Å²) in [4.78, 5) is 2.09. The summed E-state index contributed by atoms with van der Waals surface area (Å²) in [6, 6.07) is 6.72. The lowest BCUT2D eigenvalue weighted by molar-refractivity contribution is 0.625. The number of alkyl halides is 1. The minimum atomic E-state index is -0.175. The van der Waals surface area contributed by atoms with Gasteiger partial charge in [-0.1, -0.05) is 18.9 Å². The molecule has 0 amide bonds. The third kappa shape index (κ3) is 4.84. The lowest BCUT2D eigenvalue weighted by Gasteiger charge is -2.19. The van der Waals surface area contributed by atoms with Crippen molar-refractivity contribution in [2.24, 2.45) is 0 Å². The van der Waals surface area contributed by atoms with E-state index in [0.717, 1.165) is 31.0 Å². The van der Waals surface area contributed by atoms with Crippen LogP contribution in [0.3, 0.4) is 0 Å². The second-order valence-electron chi connectivity index (χ2n) is 4.00. The van der Waals surface area contributed by atoms with Crippen molar-refractivity contribution in [2.45, 2.75) is 25.7 Å². The molecule has 0 unspecified atom stereocenters. The largest absolute Gasteiger partial charge is 0.375 e. The summed E-state index contributed by atoms with van der Waals surface area (Å²) in [5.74, 6) is 0.575. The molecule has 3 heteroatoms. The minimum absolute atomic E-state index is 0.175. The van der Waals surface area contributed by atoms with Gasteiger partial charge in [0.15, 0.2) is 0 Å². The van der Waals surface area contributed by atoms with Crippen LogP contribution in [0.5, 0.6) is 0 Å². The minimum Gasteiger partial charge on any atom is -0.375 e. The molecule has 1 nitrogen and oxygen atoms in total. The first kappa shape index (κ1) is 13.3.